The van der Waals surface area contributed by atoms with E-state index in [2.05, 4.69) is 5.32 Å². The number of carbonyl (C=O) groups excluding carboxylic acids is 1. The minimum atomic E-state index is -4.39. The van der Waals surface area contributed by atoms with E-state index in [4.69, 9.17) is 4.74 Å². The first-order valence-corrected chi connectivity index (χ1v) is 7.85. The summed E-state index contributed by atoms with van der Waals surface area (Å²) in [6.45, 7) is -0.282. The number of halogens is 3. The molecule has 0 fully saturated rings. The molecule has 2 aromatic carbocycles. The summed E-state index contributed by atoms with van der Waals surface area (Å²) in [6, 6.07) is 11.5. The molecule has 0 bridgehead atoms. The monoisotopic (exact) mass is 341 g/mol. The van der Waals surface area contributed by atoms with E-state index in [1.165, 1.54) is 12.1 Å². The van der Waals surface area contributed by atoms with Gasteiger partial charge in [-0.05, 0) is 54.8 Å². The van der Waals surface area contributed by atoms with Gasteiger partial charge in [-0.15, -0.1) is 11.8 Å². The van der Waals surface area contributed by atoms with Gasteiger partial charge in [0.05, 0.1) is 5.56 Å². The van der Waals surface area contributed by atoms with Gasteiger partial charge >= 0.3 is 6.18 Å². The van der Waals surface area contributed by atoms with Gasteiger partial charge < -0.3 is 10.1 Å². The molecule has 0 radical (unpaired) electrons. The van der Waals surface area contributed by atoms with E-state index in [1.54, 1.807) is 23.9 Å². The molecule has 0 aliphatic carbocycles. The van der Waals surface area contributed by atoms with Crippen molar-refractivity contribution in [3.63, 3.8) is 0 Å². The highest BCUT2D eigenvalue weighted by molar-refractivity contribution is 7.98. The average Bonchev–Trinajstić information content (AvgIpc) is 2.53. The molecule has 7 heteroatoms. The van der Waals surface area contributed by atoms with E-state index >= 15 is 0 Å². The van der Waals surface area contributed by atoms with Crippen LogP contribution in [-0.2, 0) is 11.0 Å². The summed E-state index contributed by atoms with van der Waals surface area (Å²) in [7, 11) is 0. The maximum atomic E-state index is 12.4. The lowest BCUT2D eigenvalue weighted by Crippen LogP contribution is -2.20. The Balaban J connectivity index is 1.86. The maximum Gasteiger partial charge on any atom is 0.416 e. The summed E-state index contributed by atoms with van der Waals surface area (Å²) >= 11 is 1.59. The fourth-order valence-electron chi connectivity index (χ4n) is 1.76. The highest BCUT2D eigenvalue weighted by Gasteiger charge is 2.30. The molecule has 0 aliphatic heterocycles. The number of thioether (sulfide) groups is 1. The van der Waals surface area contributed by atoms with Crippen LogP contribution in [0.2, 0.25) is 0 Å². The molecular formula is C16H14F3NO2S. The normalized spacial score (nSPS) is 11.1. The van der Waals surface area contributed by atoms with Crippen molar-refractivity contribution in [2.24, 2.45) is 0 Å². The van der Waals surface area contributed by atoms with Crippen LogP contribution in [0.15, 0.2) is 53.4 Å². The number of rotatable bonds is 5. The third-order valence-corrected chi connectivity index (χ3v) is 3.67. The molecule has 1 amide bonds. The highest BCUT2D eigenvalue weighted by atomic mass is 32.2. The molecule has 0 atom stereocenters. The Kier molecular flexibility index (Phi) is 5.54. The van der Waals surface area contributed by atoms with Crippen molar-refractivity contribution in [3.05, 3.63) is 54.1 Å². The Labute approximate surface area is 135 Å². The second-order valence-electron chi connectivity index (χ2n) is 4.59. The zero-order chi connectivity index (χ0) is 16.9. The number of carbonyl (C=O) groups is 1. The summed E-state index contributed by atoms with van der Waals surface area (Å²) in [5.41, 5.74) is -0.132. The summed E-state index contributed by atoms with van der Waals surface area (Å²) in [4.78, 5) is 12.8. The molecule has 0 heterocycles. The van der Waals surface area contributed by atoms with Crippen LogP contribution < -0.4 is 10.1 Å². The van der Waals surface area contributed by atoms with Gasteiger partial charge in [-0.25, -0.2) is 0 Å². The number of alkyl halides is 3. The number of ether oxygens (including phenoxy) is 1. The van der Waals surface area contributed by atoms with E-state index in [-0.39, 0.29) is 18.3 Å². The summed E-state index contributed by atoms with van der Waals surface area (Å²) in [6.07, 6.45) is -2.44. The average molecular weight is 341 g/mol. The number of hydrogen-bond donors (Lipinski definition) is 1. The second-order valence-corrected chi connectivity index (χ2v) is 5.47. The standard InChI is InChI=1S/C16H14F3NO2S/c1-23-14-8-4-12(5-9-14)20-15(21)10-22-13-6-2-11(3-7-13)16(17,18)19/h2-9H,10H2,1H3,(H,20,21). The molecule has 0 aliphatic rings. The van der Waals surface area contributed by atoms with Gasteiger partial charge in [-0.2, -0.15) is 13.2 Å². The van der Waals surface area contributed by atoms with E-state index in [9.17, 15) is 18.0 Å². The van der Waals surface area contributed by atoms with Crippen molar-refractivity contribution in [2.75, 3.05) is 18.2 Å². The van der Waals surface area contributed by atoms with Crippen LogP contribution in [0.1, 0.15) is 5.56 Å². The Morgan fingerprint density at radius 1 is 1.09 bits per heavy atom. The Bertz CT molecular complexity index is 655. The third-order valence-electron chi connectivity index (χ3n) is 2.93. The molecule has 3 nitrogen and oxygen atoms in total. The van der Waals surface area contributed by atoms with Crippen molar-refractivity contribution in [1.82, 2.24) is 0 Å². The molecule has 0 unspecified atom stereocenters. The van der Waals surface area contributed by atoms with Crippen LogP contribution in [-0.4, -0.2) is 18.8 Å². The van der Waals surface area contributed by atoms with E-state index in [1.807, 2.05) is 18.4 Å². The molecule has 122 valence electrons. The summed E-state index contributed by atoms with van der Waals surface area (Å²) in [5, 5.41) is 2.65. The third kappa shape index (κ3) is 5.21. The molecular weight excluding hydrogens is 327 g/mol. The van der Waals surface area contributed by atoms with Gasteiger partial charge in [0, 0.05) is 10.6 Å². The van der Waals surface area contributed by atoms with E-state index in [0.717, 1.165) is 17.0 Å². The second kappa shape index (κ2) is 7.41. The number of benzene rings is 2. The molecule has 2 rings (SSSR count). The van der Waals surface area contributed by atoms with E-state index < -0.39 is 11.7 Å². The number of hydrogen-bond acceptors (Lipinski definition) is 3. The van der Waals surface area contributed by atoms with Crippen molar-refractivity contribution < 1.29 is 22.7 Å². The van der Waals surface area contributed by atoms with Gasteiger partial charge in [-0.1, -0.05) is 0 Å². The van der Waals surface area contributed by atoms with Crippen LogP contribution in [0.4, 0.5) is 18.9 Å². The molecule has 2 aromatic rings. The van der Waals surface area contributed by atoms with E-state index in [0.29, 0.717) is 5.69 Å². The van der Waals surface area contributed by atoms with Crippen molar-refractivity contribution >= 4 is 23.4 Å². The van der Waals surface area contributed by atoms with Gasteiger partial charge in [0.25, 0.3) is 5.91 Å². The molecule has 0 spiro atoms. The van der Waals surface area contributed by atoms with Crippen LogP contribution in [0.3, 0.4) is 0 Å². The minimum Gasteiger partial charge on any atom is -0.484 e. The van der Waals surface area contributed by atoms with Crippen LogP contribution in [0.25, 0.3) is 0 Å². The fraction of sp³-hybridized carbons (Fsp3) is 0.188. The zero-order valence-electron chi connectivity index (χ0n) is 12.2. The van der Waals surface area contributed by atoms with Gasteiger partial charge in [0.15, 0.2) is 6.61 Å². The predicted molar refractivity (Wildman–Crippen MR) is 83.8 cm³/mol. The van der Waals surface area contributed by atoms with Crippen LogP contribution in [0.5, 0.6) is 5.75 Å². The Morgan fingerprint density at radius 2 is 1.70 bits per heavy atom. The number of anilines is 1. The first-order chi connectivity index (χ1) is 10.9. The lowest BCUT2D eigenvalue weighted by molar-refractivity contribution is -0.137. The van der Waals surface area contributed by atoms with Gasteiger partial charge in [-0.3, -0.25) is 4.79 Å². The predicted octanol–water partition coefficient (Wildman–Crippen LogP) is 4.44. The van der Waals surface area contributed by atoms with Gasteiger partial charge in [0.1, 0.15) is 5.75 Å². The molecule has 23 heavy (non-hydrogen) atoms. The molecule has 1 N–H and O–H groups in total. The molecule has 0 saturated heterocycles. The molecule has 0 aromatic heterocycles. The lowest BCUT2D eigenvalue weighted by Gasteiger charge is -2.10. The Morgan fingerprint density at radius 3 is 2.22 bits per heavy atom. The smallest absolute Gasteiger partial charge is 0.416 e. The van der Waals surface area contributed by atoms with Gasteiger partial charge in [0.2, 0.25) is 0 Å². The first kappa shape index (κ1) is 17.2. The van der Waals surface area contributed by atoms with Crippen LogP contribution >= 0.6 is 11.8 Å². The highest BCUT2D eigenvalue weighted by Crippen LogP contribution is 2.30. The molecule has 0 saturated carbocycles. The number of nitrogens with one attached hydrogen (secondary N) is 1. The summed E-state index contributed by atoms with van der Waals surface area (Å²) in [5.74, 6) is -0.187. The van der Waals surface area contributed by atoms with Crippen LogP contribution in [0, 0.1) is 0 Å². The fourth-order valence-corrected chi connectivity index (χ4v) is 2.17. The van der Waals surface area contributed by atoms with Crippen molar-refractivity contribution in [2.45, 2.75) is 11.1 Å². The SMILES string of the molecule is CSc1ccc(NC(=O)COc2ccc(C(F)(F)F)cc2)cc1. The Hall–Kier alpha value is -2.15. The maximum absolute atomic E-state index is 12.4. The van der Waals surface area contributed by atoms with Crippen molar-refractivity contribution in [1.29, 1.82) is 0 Å². The lowest BCUT2D eigenvalue weighted by atomic mass is 10.2. The number of amides is 1. The summed E-state index contributed by atoms with van der Waals surface area (Å²) < 4.78 is 42.4. The topological polar surface area (TPSA) is 38.3 Å². The zero-order valence-corrected chi connectivity index (χ0v) is 13.0. The largest absolute Gasteiger partial charge is 0.484 e. The minimum absolute atomic E-state index is 0.200. The quantitative estimate of drug-likeness (QED) is 0.817. The van der Waals surface area contributed by atoms with Crippen molar-refractivity contribution in [3.8, 4) is 5.75 Å². The first-order valence-electron chi connectivity index (χ1n) is 6.62.